The van der Waals surface area contributed by atoms with Gasteiger partial charge in [0, 0.05) is 6.04 Å². The number of nitrogens with two attached hydrogens (primary N) is 1. The molecule has 0 amide bonds. The Morgan fingerprint density at radius 1 is 1.12 bits per heavy atom. The van der Waals surface area contributed by atoms with E-state index in [0.717, 1.165) is 29.6 Å². The zero-order chi connectivity index (χ0) is 11.8. The minimum atomic E-state index is 0.619. The van der Waals surface area contributed by atoms with Gasteiger partial charge in [-0.3, -0.25) is 11.3 Å². The number of hydrogen-bond acceptors (Lipinski definition) is 2. The van der Waals surface area contributed by atoms with Gasteiger partial charge in [-0.15, -0.1) is 0 Å². The molecule has 3 aliphatic carbocycles. The quantitative estimate of drug-likeness (QED) is 0.581. The maximum Gasteiger partial charge on any atom is 0.0269 e. The van der Waals surface area contributed by atoms with Crippen molar-refractivity contribution in [3.8, 4) is 0 Å². The van der Waals surface area contributed by atoms with Gasteiger partial charge in [-0.25, -0.2) is 0 Å². The monoisotopic (exact) mass is 236 g/mol. The van der Waals surface area contributed by atoms with Gasteiger partial charge in [-0.05, 0) is 55.3 Å². The van der Waals surface area contributed by atoms with E-state index in [1.54, 1.807) is 0 Å². The summed E-state index contributed by atoms with van der Waals surface area (Å²) >= 11 is 0. The Hall–Kier alpha value is -0.0800. The Balaban J connectivity index is 1.65. The van der Waals surface area contributed by atoms with Crippen LogP contribution in [0.2, 0.25) is 0 Å². The minimum Gasteiger partial charge on any atom is -0.271 e. The van der Waals surface area contributed by atoms with Crippen LogP contribution in [0.5, 0.6) is 0 Å². The van der Waals surface area contributed by atoms with E-state index in [2.05, 4.69) is 12.3 Å². The topological polar surface area (TPSA) is 38.0 Å². The molecule has 0 bridgehead atoms. The molecule has 0 aromatic heterocycles. The van der Waals surface area contributed by atoms with Crippen molar-refractivity contribution in [2.45, 2.75) is 64.3 Å². The van der Waals surface area contributed by atoms with Crippen LogP contribution in [0.25, 0.3) is 0 Å². The molecular weight excluding hydrogens is 208 g/mol. The van der Waals surface area contributed by atoms with Gasteiger partial charge in [-0.2, -0.15) is 0 Å². The lowest BCUT2D eigenvalue weighted by molar-refractivity contribution is 0.133. The molecule has 0 heterocycles. The normalized spacial score (nSPS) is 46.6. The molecule has 0 radical (unpaired) electrons. The van der Waals surface area contributed by atoms with Crippen LogP contribution < -0.4 is 11.3 Å². The van der Waals surface area contributed by atoms with Crippen molar-refractivity contribution in [1.82, 2.24) is 5.43 Å². The molecule has 3 saturated carbocycles. The molecule has 0 aromatic carbocycles. The summed E-state index contributed by atoms with van der Waals surface area (Å²) in [7, 11) is 0. The second-order valence-corrected chi connectivity index (χ2v) is 6.80. The highest BCUT2D eigenvalue weighted by Crippen LogP contribution is 2.56. The first-order chi connectivity index (χ1) is 8.33. The molecule has 3 N–H and O–H groups in total. The molecular formula is C15H28N2. The Bertz CT molecular complexity index is 256. The number of hydrazine groups is 1. The first-order valence-electron chi connectivity index (χ1n) is 7.79. The van der Waals surface area contributed by atoms with E-state index in [-0.39, 0.29) is 0 Å². The fourth-order valence-corrected chi connectivity index (χ4v) is 4.88. The molecule has 5 unspecified atom stereocenters. The highest BCUT2D eigenvalue weighted by Gasteiger charge is 2.49. The Labute approximate surface area is 106 Å². The zero-order valence-electron chi connectivity index (χ0n) is 11.2. The largest absolute Gasteiger partial charge is 0.271 e. The number of fused-ring (bicyclic) bond motifs is 1. The first kappa shape index (κ1) is 12.0. The van der Waals surface area contributed by atoms with Crippen molar-refractivity contribution in [3.63, 3.8) is 0 Å². The predicted octanol–water partition coefficient (Wildman–Crippen LogP) is 3.08. The van der Waals surface area contributed by atoms with Crippen molar-refractivity contribution < 1.29 is 0 Å². The second kappa shape index (κ2) is 4.89. The van der Waals surface area contributed by atoms with Gasteiger partial charge in [0.05, 0.1) is 0 Å². The van der Waals surface area contributed by atoms with Crippen molar-refractivity contribution in [3.05, 3.63) is 0 Å². The molecule has 2 nitrogen and oxygen atoms in total. The molecule has 3 rings (SSSR count). The van der Waals surface area contributed by atoms with Crippen molar-refractivity contribution in [2.24, 2.45) is 35.4 Å². The third kappa shape index (κ3) is 2.26. The second-order valence-electron chi connectivity index (χ2n) is 6.80. The van der Waals surface area contributed by atoms with Crippen LogP contribution in [0.3, 0.4) is 0 Å². The molecule has 3 aliphatic rings. The molecule has 0 aliphatic heterocycles. The van der Waals surface area contributed by atoms with Gasteiger partial charge in [0.1, 0.15) is 0 Å². The Morgan fingerprint density at radius 2 is 1.82 bits per heavy atom. The van der Waals surface area contributed by atoms with Crippen LogP contribution in [-0.2, 0) is 0 Å². The summed E-state index contributed by atoms with van der Waals surface area (Å²) in [6.07, 6.45) is 11.5. The average molecular weight is 236 g/mol. The molecule has 0 spiro atoms. The van der Waals surface area contributed by atoms with Crippen molar-refractivity contribution in [2.75, 3.05) is 0 Å². The first-order valence-corrected chi connectivity index (χ1v) is 7.79. The van der Waals surface area contributed by atoms with Crippen LogP contribution in [0.1, 0.15) is 58.3 Å². The van der Waals surface area contributed by atoms with E-state index >= 15 is 0 Å². The highest BCUT2D eigenvalue weighted by molar-refractivity contribution is 5.01. The number of hydrogen-bond donors (Lipinski definition) is 2. The summed E-state index contributed by atoms with van der Waals surface area (Å²) in [6.45, 7) is 2.36. The smallest absolute Gasteiger partial charge is 0.0269 e. The molecule has 3 fully saturated rings. The van der Waals surface area contributed by atoms with E-state index in [9.17, 15) is 0 Å². The van der Waals surface area contributed by atoms with Crippen LogP contribution >= 0.6 is 0 Å². The maximum absolute atomic E-state index is 5.91. The minimum absolute atomic E-state index is 0.619. The van der Waals surface area contributed by atoms with E-state index in [1.807, 2.05) is 0 Å². The van der Waals surface area contributed by atoms with Gasteiger partial charge in [0.25, 0.3) is 0 Å². The lowest BCUT2D eigenvalue weighted by Gasteiger charge is -2.39. The van der Waals surface area contributed by atoms with Gasteiger partial charge in [0.15, 0.2) is 0 Å². The lowest BCUT2D eigenvalue weighted by atomic mass is 9.70. The molecule has 0 saturated heterocycles. The molecule has 98 valence electrons. The third-order valence-electron chi connectivity index (χ3n) is 5.93. The Morgan fingerprint density at radius 3 is 2.47 bits per heavy atom. The van der Waals surface area contributed by atoms with Crippen LogP contribution in [-0.4, -0.2) is 6.04 Å². The summed E-state index contributed by atoms with van der Waals surface area (Å²) < 4.78 is 0. The standard InChI is InChI=1S/C15H28N2/c1-2-10-5-3-4-6-14(10)15(17-16)13-8-11-7-12(11)9-13/h10-15,17H,2-9,16H2,1H3. The van der Waals surface area contributed by atoms with Gasteiger partial charge in [0.2, 0.25) is 0 Å². The van der Waals surface area contributed by atoms with Gasteiger partial charge in [-0.1, -0.05) is 32.6 Å². The van der Waals surface area contributed by atoms with Crippen LogP contribution in [0.15, 0.2) is 0 Å². The molecule has 5 atom stereocenters. The number of nitrogens with one attached hydrogen (secondary N) is 1. The van der Waals surface area contributed by atoms with Crippen LogP contribution in [0.4, 0.5) is 0 Å². The summed E-state index contributed by atoms with van der Waals surface area (Å²) in [5, 5.41) is 0. The van der Waals surface area contributed by atoms with Gasteiger partial charge < -0.3 is 0 Å². The highest BCUT2D eigenvalue weighted by atomic mass is 15.2. The van der Waals surface area contributed by atoms with E-state index in [4.69, 9.17) is 5.84 Å². The van der Waals surface area contributed by atoms with Crippen molar-refractivity contribution >= 4 is 0 Å². The molecule has 17 heavy (non-hydrogen) atoms. The van der Waals surface area contributed by atoms with Gasteiger partial charge >= 0.3 is 0 Å². The third-order valence-corrected chi connectivity index (χ3v) is 5.93. The average Bonchev–Trinajstić information content (AvgIpc) is 2.98. The summed E-state index contributed by atoms with van der Waals surface area (Å²) in [5.41, 5.74) is 3.22. The molecule has 0 aromatic rings. The summed E-state index contributed by atoms with van der Waals surface area (Å²) in [6, 6.07) is 0.619. The molecule has 2 heteroatoms. The SMILES string of the molecule is CCC1CCCCC1C(NN)C1CC2CC2C1. The van der Waals surface area contributed by atoms with E-state index in [1.165, 1.54) is 51.4 Å². The Kier molecular flexibility index (Phi) is 3.45. The predicted molar refractivity (Wildman–Crippen MR) is 71.2 cm³/mol. The summed E-state index contributed by atoms with van der Waals surface area (Å²) in [4.78, 5) is 0. The lowest BCUT2D eigenvalue weighted by Crippen LogP contribution is -2.48. The number of rotatable bonds is 4. The van der Waals surface area contributed by atoms with Crippen molar-refractivity contribution in [1.29, 1.82) is 0 Å². The fourth-order valence-electron chi connectivity index (χ4n) is 4.88. The van der Waals surface area contributed by atoms with Crippen LogP contribution in [0, 0.1) is 29.6 Å². The maximum atomic E-state index is 5.91. The summed E-state index contributed by atoms with van der Waals surface area (Å²) in [5.74, 6) is 10.8. The van der Waals surface area contributed by atoms with E-state index in [0.29, 0.717) is 6.04 Å². The van der Waals surface area contributed by atoms with E-state index < -0.39 is 0 Å². The fraction of sp³-hybridized carbons (Fsp3) is 1.00. The zero-order valence-corrected chi connectivity index (χ0v) is 11.2.